The van der Waals surface area contributed by atoms with Crippen molar-refractivity contribution in [2.75, 3.05) is 4.90 Å². The molecule has 0 N–H and O–H groups in total. The van der Waals surface area contributed by atoms with Gasteiger partial charge in [-0.15, -0.1) is 11.3 Å². The van der Waals surface area contributed by atoms with Crippen LogP contribution in [0, 0.1) is 26.6 Å². The zero-order chi connectivity index (χ0) is 21.2. The Morgan fingerprint density at radius 3 is 2.60 bits per heavy atom. The average molecular weight is 420 g/mol. The minimum absolute atomic E-state index is 0.0175. The molecule has 30 heavy (non-hydrogen) atoms. The highest BCUT2D eigenvalue weighted by Crippen LogP contribution is 2.43. The van der Waals surface area contributed by atoms with E-state index in [-0.39, 0.29) is 16.8 Å². The number of aromatic nitrogens is 1. The number of hydrogen-bond acceptors (Lipinski definition) is 5. The first-order chi connectivity index (χ1) is 14.3. The maximum absolute atomic E-state index is 14.1. The van der Waals surface area contributed by atoms with Gasteiger partial charge in [0.1, 0.15) is 11.4 Å². The molecule has 4 aromatic rings. The van der Waals surface area contributed by atoms with E-state index in [0.717, 1.165) is 16.1 Å². The van der Waals surface area contributed by atoms with E-state index in [9.17, 15) is 14.0 Å². The van der Waals surface area contributed by atoms with Gasteiger partial charge in [-0.2, -0.15) is 0 Å². The minimum atomic E-state index is -0.811. The largest absolute Gasteiger partial charge is 0.450 e. The van der Waals surface area contributed by atoms with Gasteiger partial charge in [0.2, 0.25) is 5.76 Å². The molecule has 0 aliphatic carbocycles. The highest BCUT2D eigenvalue weighted by atomic mass is 32.1. The number of halogens is 1. The van der Waals surface area contributed by atoms with Gasteiger partial charge in [-0.05, 0) is 50.6 Å². The number of thiazole rings is 1. The fourth-order valence-electron chi connectivity index (χ4n) is 3.83. The van der Waals surface area contributed by atoms with Crippen molar-refractivity contribution in [3.05, 3.63) is 91.5 Å². The standard InChI is InChI=1S/C23H17FN2O3S/c1-11-7-8-17-16(9-11)20(27)18-19(14-5-4-6-15(24)10-14)26(22(28)21(18)29-17)23-25-12(2)13(3)30-23/h4-10,19H,1-3H3/t19-/m1/s1. The van der Waals surface area contributed by atoms with Crippen molar-refractivity contribution < 1.29 is 13.6 Å². The lowest BCUT2D eigenvalue weighted by atomic mass is 9.98. The molecule has 2 aromatic carbocycles. The average Bonchev–Trinajstić information content (AvgIpc) is 3.19. The van der Waals surface area contributed by atoms with Crippen molar-refractivity contribution in [3.63, 3.8) is 0 Å². The smallest absolute Gasteiger partial charge is 0.297 e. The molecule has 5 rings (SSSR count). The molecule has 0 bridgehead atoms. The van der Waals surface area contributed by atoms with Crippen molar-refractivity contribution in [1.82, 2.24) is 4.98 Å². The van der Waals surface area contributed by atoms with Gasteiger partial charge in [0, 0.05) is 4.88 Å². The summed E-state index contributed by atoms with van der Waals surface area (Å²) in [6.45, 7) is 5.66. The summed E-state index contributed by atoms with van der Waals surface area (Å²) < 4.78 is 20.0. The number of anilines is 1. The monoisotopic (exact) mass is 420 g/mol. The lowest BCUT2D eigenvalue weighted by Crippen LogP contribution is -2.29. The summed E-state index contributed by atoms with van der Waals surface area (Å²) in [7, 11) is 0. The molecule has 3 heterocycles. The summed E-state index contributed by atoms with van der Waals surface area (Å²) in [5.74, 6) is -0.912. The van der Waals surface area contributed by atoms with Crippen LogP contribution in [0.1, 0.15) is 43.9 Å². The third-order valence-corrected chi connectivity index (χ3v) is 6.49. The third kappa shape index (κ3) is 2.69. The van der Waals surface area contributed by atoms with Gasteiger partial charge in [0.15, 0.2) is 10.6 Å². The molecule has 0 radical (unpaired) electrons. The van der Waals surface area contributed by atoms with E-state index in [1.807, 2.05) is 26.8 Å². The van der Waals surface area contributed by atoms with Crippen LogP contribution < -0.4 is 10.3 Å². The van der Waals surface area contributed by atoms with Gasteiger partial charge < -0.3 is 4.42 Å². The first-order valence-corrected chi connectivity index (χ1v) is 10.3. The normalized spacial score (nSPS) is 15.8. The lowest BCUT2D eigenvalue weighted by Gasteiger charge is -2.22. The molecule has 7 heteroatoms. The van der Waals surface area contributed by atoms with Crippen LogP contribution in [0.25, 0.3) is 11.0 Å². The van der Waals surface area contributed by atoms with Crippen LogP contribution in [0.15, 0.2) is 51.7 Å². The Bertz CT molecular complexity index is 1390. The van der Waals surface area contributed by atoms with Crippen LogP contribution in [-0.2, 0) is 0 Å². The van der Waals surface area contributed by atoms with Gasteiger partial charge in [-0.3, -0.25) is 14.5 Å². The molecule has 0 fully saturated rings. The fraction of sp³-hybridized carbons (Fsp3) is 0.174. The summed E-state index contributed by atoms with van der Waals surface area (Å²) in [5.41, 5.74) is 2.48. The molecule has 1 aliphatic rings. The number of carbonyl (C=O) groups is 1. The lowest BCUT2D eigenvalue weighted by molar-refractivity contribution is 0.0971. The Morgan fingerprint density at radius 1 is 1.10 bits per heavy atom. The Kier molecular flexibility index (Phi) is 4.11. The fourth-order valence-corrected chi connectivity index (χ4v) is 4.77. The number of amides is 1. The van der Waals surface area contributed by atoms with E-state index in [1.165, 1.54) is 28.4 Å². The Balaban J connectivity index is 1.84. The predicted molar refractivity (Wildman–Crippen MR) is 114 cm³/mol. The molecule has 5 nitrogen and oxygen atoms in total. The number of rotatable bonds is 2. The highest BCUT2D eigenvalue weighted by Gasteiger charge is 2.45. The molecule has 150 valence electrons. The van der Waals surface area contributed by atoms with Crippen molar-refractivity contribution >= 4 is 33.3 Å². The Morgan fingerprint density at radius 2 is 1.90 bits per heavy atom. The molecular weight excluding hydrogens is 403 g/mol. The van der Waals surface area contributed by atoms with E-state index in [4.69, 9.17) is 4.42 Å². The van der Waals surface area contributed by atoms with Gasteiger partial charge in [-0.1, -0.05) is 23.8 Å². The number of aryl methyl sites for hydroxylation is 3. The maximum atomic E-state index is 14.1. The number of hydrogen-bond donors (Lipinski definition) is 0. The molecule has 1 atom stereocenters. The number of carbonyl (C=O) groups excluding carboxylic acids is 1. The van der Waals surface area contributed by atoms with Crippen molar-refractivity contribution in [1.29, 1.82) is 0 Å². The molecule has 1 aliphatic heterocycles. The highest BCUT2D eigenvalue weighted by molar-refractivity contribution is 7.15. The zero-order valence-corrected chi connectivity index (χ0v) is 17.3. The summed E-state index contributed by atoms with van der Waals surface area (Å²) in [5, 5.41) is 0.853. The van der Waals surface area contributed by atoms with Crippen LogP contribution >= 0.6 is 11.3 Å². The molecular formula is C23H17FN2O3S. The zero-order valence-electron chi connectivity index (χ0n) is 16.5. The first-order valence-electron chi connectivity index (χ1n) is 9.45. The summed E-state index contributed by atoms with van der Waals surface area (Å²) in [6.07, 6.45) is 0. The van der Waals surface area contributed by atoms with E-state index in [0.29, 0.717) is 21.7 Å². The maximum Gasteiger partial charge on any atom is 0.297 e. The second kappa shape index (κ2) is 6.60. The van der Waals surface area contributed by atoms with Crippen LogP contribution in [0.5, 0.6) is 0 Å². The van der Waals surface area contributed by atoms with E-state index < -0.39 is 17.8 Å². The summed E-state index contributed by atoms with van der Waals surface area (Å²) >= 11 is 1.36. The summed E-state index contributed by atoms with van der Waals surface area (Å²) in [6, 6.07) is 10.4. The van der Waals surface area contributed by atoms with Gasteiger partial charge in [0.25, 0.3) is 5.91 Å². The molecule has 0 spiro atoms. The Hall–Kier alpha value is -3.32. The van der Waals surface area contributed by atoms with Crippen LogP contribution in [0.4, 0.5) is 9.52 Å². The molecule has 1 amide bonds. The summed E-state index contributed by atoms with van der Waals surface area (Å²) in [4.78, 5) is 33.8. The van der Waals surface area contributed by atoms with E-state index in [2.05, 4.69) is 4.98 Å². The van der Waals surface area contributed by atoms with Gasteiger partial charge in [0.05, 0.1) is 22.7 Å². The van der Waals surface area contributed by atoms with Crippen LogP contribution in [-0.4, -0.2) is 10.9 Å². The number of fused-ring (bicyclic) bond motifs is 2. The second-order valence-corrected chi connectivity index (χ2v) is 8.63. The number of nitrogens with zero attached hydrogens (tertiary/aromatic N) is 2. The first kappa shape index (κ1) is 18.7. The van der Waals surface area contributed by atoms with Gasteiger partial charge in [-0.25, -0.2) is 9.37 Å². The van der Waals surface area contributed by atoms with Gasteiger partial charge >= 0.3 is 0 Å². The topological polar surface area (TPSA) is 63.4 Å². The molecule has 2 aromatic heterocycles. The van der Waals surface area contributed by atoms with Crippen molar-refractivity contribution in [3.8, 4) is 0 Å². The SMILES string of the molecule is Cc1ccc2oc3c(c(=O)c2c1)[C@@H](c1cccc(F)c1)N(c1nc(C)c(C)s1)C3=O. The molecule has 0 unspecified atom stereocenters. The predicted octanol–water partition coefficient (Wildman–Crippen LogP) is 5.06. The van der Waals surface area contributed by atoms with E-state index in [1.54, 1.807) is 24.3 Å². The molecule has 0 saturated heterocycles. The van der Waals surface area contributed by atoms with Crippen molar-refractivity contribution in [2.24, 2.45) is 0 Å². The van der Waals surface area contributed by atoms with Crippen LogP contribution in [0.3, 0.4) is 0 Å². The van der Waals surface area contributed by atoms with Crippen molar-refractivity contribution in [2.45, 2.75) is 26.8 Å². The van der Waals surface area contributed by atoms with E-state index >= 15 is 0 Å². The number of benzene rings is 2. The second-order valence-electron chi connectivity index (χ2n) is 7.44. The third-order valence-electron chi connectivity index (χ3n) is 5.41. The molecule has 0 saturated carbocycles. The van der Waals surface area contributed by atoms with Crippen LogP contribution in [0.2, 0.25) is 0 Å². The quantitative estimate of drug-likeness (QED) is 0.455. The minimum Gasteiger partial charge on any atom is -0.450 e. The Labute approximate surface area is 175 Å².